The number of pyridine rings is 1. The molecule has 0 radical (unpaired) electrons. The summed E-state index contributed by atoms with van der Waals surface area (Å²) in [5.41, 5.74) is 8.25. The molecule has 1 unspecified atom stereocenters. The minimum Gasteiger partial charge on any atom is -0.382 e. The van der Waals surface area contributed by atoms with Crippen LogP contribution in [0.1, 0.15) is 33.0 Å². The minimum atomic E-state index is -0.263. The van der Waals surface area contributed by atoms with Gasteiger partial charge in [-0.15, -0.1) is 0 Å². The Balaban J connectivity index is 1.70. The van der Waals surface area contributed by atoms with Crippen LogP contribution in [0.25, 0.3) is 21.9 Å². The molecule has 1 aliphatic heterocycles. The van der Waals surface area contributed by atoms with Gasteiger partial charge in [-0.05, 0) is 18.4 Å². The monoisotopic (exact) mass is 379 g/mol. The molecular weight excluding hydrogens is 354 g/mol. The number of nitrogens with two attached hydrogens (primary N) is 1. The smallest absolute Gasteiger partial charge is 0.233 e. The summed E-state index contributed by atoms with van der Waals surface area (Å²) in [5.74, 6) is 0.730. The van der Waals surface area contributed by atoms with E-state index in [1.165, 1.54) is 4.90 Å². The van der Waals surface area contributed by atoms with Crippen molar-refractivity contribution in [2.24, 2.45) is 11.3 Å². The Morgan fingerprint density at radius 1 is 1.14 bits per heavy atom. The number of nitrogen functional groups attached to an aromatic ring is 1. The molecule has 1 saturated heterocycles. The number of imidazole rings is 1. The van der Waals surface area contributed by atoms with Crippen molar-refractivity contribution in [3.05, 3.63) is 30.1 Å². The van der Waals surface area contributed by atoms with Gasteiger partial charge in [-0.1, -0.05) is 39.0 Å². The molecule has 2 amide bonds. The van der Waals surface area contributed by atoms with Crippen molar-refractivity contribution in [3.8, 4) is 0 Å². The van der Waals surface area contributed by atoms with Crippen molar-refractivity contribution in [1.29, 1.82) is 0 Å². The number of carbonyl (C=O) groups excluding carboxylic acids is 2. The van der Waals surface area contributed by atoms with E-state index in [1.807, 2.05) is 56.5 Å². The first-order chi connectivity index (χ1) is 13.2. The Labute approximate surface area is 163 Å². The molecule has 7 heteroatoms. The third-order valence-corrected chi connectivity index (χ3v) is 5.64. The summed E-state index contributed by atoms with van der Waals surface area (Å²) < 4.78 is 2.03. The van der Waals surface area contributed by atoms with E-state index >= 15 is 0 Å². The minimum absolute atomic E-state index is 0.0781. The first kappa shape index (κ1) is 18.4. The maximum atomic E-state index is 12.8. The molecule has 3 heterocycles. The largest absolute Gasteiger partial charge is 0.382 e. The first-order valence-electron chi connectivity index (χ1n) is 9.53. The number of benzene rings is 1. The summed E-state index contributed by atoms with van der Waals surface area (Å²) in [6, 6.07) is 7.78. The Bertz CT molecular complexity index is 1110. The molecule has 0 aliphatic carbocycles. The summed E-state index contributed by atoms with van der Waals surface area (Å²) in [6.07, 6.45) is 0.284. The van der Waals surface area contributed by atoms with Gasteiger partial charge in [-0.2, -0.15) is 0 Å². The molecule has 3 aromatic rings. The quantitative estimate of drug-likeness (QED) is 0.706. The van der Waals surface area contributed by atoms with Crippen LogP contribution in [0.3, 0.4) is 0 Å². The fraction of sp³-hybridized carbons (Fsp3) is 0.429. The number of fused-ring (bicyclic) bond motifs is 3. The second kappa shape index (κ2) is 6.29. The summed E-state index contributed by atoms with van der Waals surface area (Å²) in [6.45, 7) is 8.71. The predicted molar refractivity (Wildman–Crippen MR) is 108 cm³/mol. The van der Waals surface area contributed by atoms with Crippen molar-refractivity contribution < 1.29 is 9.59 Å². The molecule has 2 N–H and O–H groups in total. The maximum Gasteiger partial charge on any atom is 0.233 e. The van der Waals surface area contributed by atoms with Gasteiger partial charge < -0.3 is 10.3 Å². The van der Waals surface area contributed by atoms with Crippen LogP contribution in [0.4, 0.5) is 5.82 Å². The van der Waals surface area contributed by atoms with Crippen molar-refractivity contribution in [2.45, 2.75) is 40.7 Å². The highest BCUT2D eigenvalue weighted by Gasteiger charge is 2.44. The number of rotatable bonds is 3. The molecule has 1 fully saturated rings. The Hall–Kier alpha value is -2.96. The van der Waals surface area contributed by atoms with Crippen LogP contribution in [-0.4, -0.2) is 37.8 Å². The van der Waals surface area contributed by atoms with Crippen LogP contribution in [0.5, 0.6) is 0 Å². The van der Waals surface area contributed by atoms with E-state index in [1.54, 1.807) is 0 Å². The molecule has 0 spiro atoms. The molecular formula is C21H25N5O2. The number of nitrogens with zero attached hydrogens (tertiary/aromatic N) is 4. The van der Waals surface area contributed by atoms with Gasteiger partial charge in [0.1, 0.15) is 11.3 Å². The molecule has 4 rings (SSSR count). The molecule has 28 heavy (non-hydrogen) atoms. The van der Waals surface area contributed by atoms with Crippen molar-refractivity contribution in [1.82, 2.24) is 19.4 Å². The van der Waals surface area contributed by atoms with E-state index < -0.39 is 0 Å². The van der Waals surface area contributed by atoms with E-state index in [9.17, 15) is 9.59 Å². The van der Waals surface area contributed by atoms with E-state index in [0.29, 0.717) is 24.4 Å². The van der Waals surface area contributed by atoms with E-state index in [-0.39, 0.29) is 29.6 Å². The zero-order valence-corrected chi connectivity index (χ0v) is 16.7. The number of imide groups is 1. The van der Waals surface area contributed by atoms with Crippen LogP contribution in [-0.2, 0) is 16.1 Å². The number of likely N-dealkylation sites (tertiary alicyclic amines) is 1. The van der Waals surface area contributed by atoms with E-state index in [4.69, 9.17) is 5.73 Å². The van der Waals surface area contributed by atoms with Crippen LogP contribution in [0.15, 0.2) is 24.3 Å². The number of aromatic nitrogens is 3. The molecule has 7 nitrogen and oxygen atoms in total. The van der Waals surface area contributed by atoms with Gasteiger partial charge in [-0.3, -0.25) is 14.5 Å². The SMILES string of the molecule is Cc1nc2c(N)nc3ccccc3c2n1CCN1C(=O)CC(C(C)(C)C)C1=O. The van der Waals surface area contributed by atoms with Crippen molar-refractivity contribution >= 4 is 39.6 Å². The fourth-order valence-corrected chi connectivity index (χ4v) is 4.04. The van der Waals surface area contributed by atoms with Crippen LogP contribution in [0.2, 0.25) is 0 Å². The topological polar surface area (TPSA) is 94.1 Å². The van der Waals surface area contributed by atoms with Gasteiger partial charge >= 0.3 is 0 Å². The third-order valence-electron chi connectivity index (χ3n) is 5.64. The standard InChI is InChI=1S/C21H25N5O2/c1-12-23-17-18(13-7-5-6-8-15(13)24-19(17)22)25(12)9-10-26-16(27)11-14(20(26)28)21(2,3)4/h5-8,14H,9-11H2,1-4H3,(H2,22,24). The lowest BCUT2D eigenvalue weighted by molar-refractivity contribution is -0.140. The number of aryl methyl sites for hydroxylation is 1. The lowest BCUT2D eigenvalue weighted by Crippen LogP contribution is -2.36. The molecule has 1 atom stereocenters. The number of para-hydroxylation sites is 1. The Morgan fingerprint density at radius 3 is 2.54 bits per heavy atom. The molecule has 146 valence electrons. The molecule has 1 aromatic carbocycles. The average Bonchev–Trinajstić information content (AvgIpc) is 3.10. The van der Waals surface area contributed by atoms with Crippen molar-refractivity contribution in [3.63, 3.8) is 0 Å². The highest BCUT2D eigenvalue weighted by molar-refractivity contribution is 6.06. The van der Waals surface area contributed by atoms with Crippen LogP contribution < -0.4 is 5.73 Å². The molecule has 0 bridgehead atoms. The normalized spacial score (nSPS) is 18.0. The number of hydrogen-bond donors (Lipinski definition) is 1. The van der Waals surface area contributed by atoms with E-state index in [0.717, 1.165) is 22.2 Å². The number of carbonyl (C=O) groups is 2. The Kier molecular flexibility index (Phi) is 4.14. The number of amides is 2. The molecule has 0 saturated carbocycles. The summed E-state index contributed by atoms with van der Waals surface area (Å²) in [5, 5.41) is 0.957. The second-order valence-corrected chi connectivity index (χ2v) is 8.53. The summed E-state index contributed by atoms with van der Waals surface area (Å²) in [4.78, 5) is 35.7. The summed E-state index contributed by atoms with van der Waals surface area (Å²) in [7, 11) is 0. The van der Waals surface area contributed by atoms with Gasteiger partial charge in [0.25, 0.3) is 0 Å². The van der Waals surface area contributed by atoms with E-state index in [2.05, 4.69) is 9.97 Å². The lowest BCUT2D eigenvalue weighted by atomic mass is 9.80. The van der Waals surface area contributed by atoms with Gasteiger partial charge in [-0.25, -0.2) is 9.97 Å². The Morgan fingerprint density at radius 2 is 1.86 bits per heavy atom. The lowest BCUT2D eigenvalue weighted by Gasteiger charge is -2.25. The predicted octanol–water partition coefficient (Wildman–Crippen LogP) is 2.90. The third kappa shape index (κ3) is 2.82. The second-order valence-electron chi connectivity index (χ2n) is 8.53. The fourth-order valence-electron chi connectivity index (χ4n) is 4.04. The number of anilines is 1. The average molecular weight is 379 g/mol. The zero-order chi connectivity index (χ0) is 20.2. The van der Waals surface area contributed by atoms with Crippen LogP contribution in [0, 0.1) is 18.3 Å². The summed E-state index contributed by atoms with van der Waals surface area (Å²) >= 11 is 0. The molecule has 1 aliphatic rings. The molecule has 2 aromatic heterocycles. The van der Waals surface area contributed by atoms with Gasteiger partial charge in [0.2, 0.25) is 11.8 Å². The van der Waals surface area contributed by atoms with Gasteiger partial charge in [0, 0.05) is 24.9 Å². The zero-order valence-electron chi connectivity index (χ0n) is 16.7. The highest BCUT2D eigenvalue weighted by Crippen LogP contribution is 2.35. The van der Waals surface area contributed by atoms with Gasteiger partial charge in [0.05, 0.1) is 17.0 Å². The van der Waals surface area contributed by atoms with Gasteiger partial charge in [0.15, 0.2) is 5.82 Å². The van der Waals surface area contributed by atoms with Crippen LogP contribution >= 0.6 is 0 Å². The highest BCUT2D eigenvalue weighted by atomic mass is 16.2. The number of hydrogen-bond acceptors (Lipinski definition) is 5. The first-order valence-corrected chi connectivity index (χ1v) is 9.53. The maximum absolute atomic E-state index is 12.8. The van der Waals surface area contributed by atoms with Crippen molar-refractivity contribution in [2.75, 3.05) is 12.3 Å².